The van der Waals surface area contributed by atoms with Gasteiger partial charge in [0.05, 0.1) is 5.69 Å². The van der Waals surface area contributed by atoms with Crippen molar-refractivity contribution in [2.75, 3.05) is 0 Å². The molecule has 0 aliphatic carbocycles. The van der Waals surface area contributed by atoms with Gasteiger partial charge in [-0.15, -0.1) is 0 Å². The highest BCUT2D eigenvalue weighted by Crippen LogP contribution is 2.23. The Morgan fingerprint density at radius 1 is 1.09 bits per heavy atom. The molecule has 2 heterocycles. The molecule has 0 aliphatic rings. The fraction of sp³-hybridized carbons (Fsp3) is 0.200. The highest BCUT2D eigenvalue weighted by molar-refractivity contribution is 5.63. The summed E-state index contributed by atoms with van der Waals surface area (Å²) in [6.07, 6.45) is 4.42. The van der Waals surface area contributed by atoms with Crippen molar-refractivity contribution in [1.82, 2.24) is 15.2 Å². The lowest BCUT2D eigenvalue weighted by Gasteiger charge is -2.03. The summed E-state index contributed by atoms with van der Waals surface area (Å²) in [6.45, 7) is 2.17. The highest BCUT2D eigenvalue weighted by atomic mass is 15.1. The van der Waals surface area contributed by atoms with E-state index >= 15 is 0 Å². The van der Waals surface area contributed by atoms with Crippen LogP contribution in [0.1, 0.15) is 30.3 Å². The maximum absolute atomic E-state index is 4.45. The molecule has 0 amide bonds. The van der Waals surface area contributed by atoms with Gasteiger partial charge in [-0.2, -0.15) is 5.10 Å². The number of benzene rings is 1. The first-order chi connectivity index (χ1) is 11.4. The Morgan fingerprint density at radius 3 is 2.78 bits per heavy atom. The van der Waals surface area contributed by atoms with E-state index in [4.69, 9.17) is 0 Å². The second-order valence-corrected chi connectivity index (χ2v) is 5.31. The van der Waals surface area contributed by atoms with E-state index in [9.17, 15) is 0 Å². The number of nitrogens with zero attached hydrogens (tertiary/aromatic N) is 2. The van der Waals surface area contributed by atoms with Crippen molar-refractivity contribution in [1.29, 1.82) is 0 Å². The maximum Gasteiger partial charge on any atom is 0.113 e. The second kappa shape index (κ2) is 7.42. The van der Waals surface area contributed by atoms with Crippen molar-refractivity contribution < 1.29 is 0 Å². The van der Waals surface area contributed by atoms with Crippen molar-refractivity contribution in [3.8, 4) is 23.1 Å². The van der Waals surface area contributed by atoms with Crippen LogP contribution in [-0.2, 0) is 12.8 Å². The van der Waals surface area contributed by atoms with Crippen molar-refractivity contribution in [2.45, 2.75) is 26.2 Å². The summed E-state index contributed by atoms with van der Waals surface area (Å²) >= 11 is 0. The van der Waals surface area contributed by atoms with Crippen LogP contribution >= 0.6 is 0 Å². The summed E-state index contributed by atoms with van der Waals surface area (Å²) in [4.78, 5) is 4.19. The zero-order chi connectivity index (χ0) is 15.9. The van der Waals surface area contributed by atoms with Crippen LogP contribution in [0.3, 0.4) is 0 Å². The molecule has 3 nitrogen and oxygen atoms in total. The van der Waals surface area contributed by atoms with Crippen LogP contribution in [0.25, 0.3) is 11.3 Å². The van der Waals surface area contributed by atoms with Gasteiger partial charge in [0.2, 0.25) is 0 Å². The van der Waals surface area contributed by atoms with Crippen molar-refractivity contribution in [3.63, 3.8) is 0 Å². The third-order valence-corrected chi connectivity index (χ3v) is 3.71. The Morgan fingerprint density at radius 2 is 1.96 bits per heavy atom. The summed E-state index contributed by atoms with van der Waals surface area (Å²) in [6, 6.07) is 16.3. The maximum atomic E-state index is 4.45. The second-order valence-electron chi connectivity index (χ2n) is 5.31. The number of pyridine rings is 1. The van der Waals surface area contributed by atoms with Gasteiger partial charge in [-0.05, 0) is 36.1 Å². The number of H-pyrrole nitrogens is 1. The molecule has 0 fully saturated rings. The normalized spacial score (nSPS) is 10.1. The molecule has 1 N–H and O–H groups in total. The molecule has 0 saturated heterocycles. The molecular weight excluding hydrogens is 282 g/mol. The van der Waals surface area contributed by atoms with Gasteiger partial charge in [0.25, 0.3) is 0 Å². The molecule has 3 heteroatoms. The van der Waals surface area contributed by atoms with Gasteiger partial charge in [0.1, 0.15) is 5.69 Å². The molecule has 0 spiro atoms. The number of hydrogen-bond donors (Lipinski definition) is 1. The lowest BCUT2D eigenvalue weighted by atomic mass is 10.0. The average molecular weight is 301 g/mol. The van der Waals surface area contributed by atoms with Crippen molar-refractivity contribution in [2.24, 2.45) is 0 Å². The minimum atomic E-state index is 0.785. The van der Waals surface area contributed by atoms with Crippen LogP contribution in [-0.4, -0.2) is 15.2 Å². The Labute approximate surface area is 136 Å². The van der Waals surface area contributed by atoms with E-state index in [2.05, 4.69) is 64.3 Å². The first-order valence-electron chi connectivity index (χ1n) is 7.89. The van der Waals surface area contributed by atoms with Gasteiger partial charge >= 0.3 is 0 Å². The van der Waals surface area contributed by atoms with Gasteiger partial charge in [-0.1, -0.05) is 43.2 Å². The first kappa shape index (κ1) is 15.1. The lowest BCUT2D eigenvalue weighted by Crippen LogP contribution is -1.86. The largest absolute Gasteiger partial charge is 0.282 e. The number of rotatable bonds is 4. The van der Waals surface area contributed by atoms with E-state index < -0.39 is 0 Å². The van der Waals surface area contributed by atoms with Crippen LogP contribution < -0.4 is 0 Å². The van der Waals surface area contributed by atoms with Crippen molar-refractivity contribution >= 4 is 0 Å². The minimum Gasteiger partial charge on any atom is -0.282 e. The van der Waals surface area contributed by atoms with Gasteiger partial charge in [0, 0.05) is 30.3 Å². The molecule has 0 saturated carbocycles. The Balaban J connectivity index is 1.65. The third-order valence-electron chi connectivity index (χ3n) is 3.71. The summed E-state index contributed by atoms with van der Waals surface area (Å²) in [5, 5.41) is 7.57. The SMILES string of the molecule is CCc1ccccc1-c1cc(CCC#Cc2ccccn2)[nH]n1. The minimum absolute atomic E-state index is 0.785. The van der Waals surface area contributed by atoms with E-state index in [1.165, 1.54) is 11.1 Å². The first-order valence-corrected chi connectivity index (χ1v) is 7.89. The van der Waals surface area contributed by atoms with E-state index in [1.54, 1.807) is 6.20 Å². The number of aryl methyl sites for hydroxylation is 2. The highest BCUT2D eigenvalue weighted by Gasteiger charge is 2.07. The molecule has 23 heavy (non-hydrogen) atoms. The van der Waals surface area contributed by atoms with Gasteiger partial charge in [-0.3, -0.25) is 5.10 Å². The van der Waals surface area contributed by atoms with Crippen LogP contribution in [0, 0.1) is 11.8 Å². The zero-order valence-corrected chi connectivity index (χ0v) is 13.2. The smallest absolute Gasteiger partial charge is 0.113 e. The van der Waals surface area contributed by atoms with E-state index in [0.717, 1.165) is 36.3 Å². The van der Waals surface area contributed by atoms with Crippen LogP contribution in [0.2, 0.25) is 0 Å². The predicted octanol–water partition coefficient (Wildman–Crippen LogP) is 4.02. The Bertz CT molecular complexity index is 823. The molecule has 1 aromatic carbocycles. The summed E-state index contributed by atoms with van der Waals surface area (Å²) < 4.78 is 0. The Kier molecular flexibility index (Phi) is 4.85. The quantitative estimate of drug-likeness (QED) is 0.740. The number of aromatic nitrogens is 3. The monoisotopic (exact) mass is 301 g/mol. The van der Waals surface area contributed by atoms with Gasteiger partial charge in [0.15, 0.2) is 0 Å². The molecule has 114 valence electrons. The molecule has 0 unspecified atom stereocenters. The summed E-state index contributed by atoms with van der Waals surface area (Å²) in [5.74, 6) is 6.24. The molecular formula is C20H19N3. The third kappa shape index (κ3) is 3.87. The molecule has 0 aliphatic heterocycles. The fourth-order valence-electron chi connectivity index (χ4n) is 2.49. The van der Waals surface area contributed by atoms with Crippen LogP contribution in [0.15, 0.2) is 54.7 Å². The van der Waals surface area contributed by atoms with Gasteiger partial charge in [-0.25, -0.2) is 4.98 Å². The molecule has 0 atom stereocenters. The molecule has 2 aromatic heterocycles. The molecule has 0 bridgehead atoms. The standard InChI is InChI=1S/C20H19N3/c1-2-16-9-3-6-13-19(16)20-15-18(22-23-20)12-5-4-10-17-11-7-8-14-21-17/h3,6-9,11,13-15H,2,5,12H2,1H3,(H,22,23). The van der Waals surface area contributed by atoms with E-state index in [1.807, 2.05) is 18.2 Å². The fourth-order valence-corrected chi connectivity index (χ4v) is 2.49. The molecule has 0 radical (unpaired) electrons. The topological polar surface area (TPSA) is 41.6 Å². The summed E-state index contributed by atoms with van der Waals surface area (Å²) in [7, 11) is 0. The number of nitrogens with one attached hydrogen (secondary N) is 1. The van der Waals surface area contributed by atoms with Crippen LogP contribution in [0.5, 0.6) is 0 Å². The van der Waals surface area contributed by atoms with Gasteiger partial charge < -0.3 is 0 Å². The predicted molar refractivity (Wildman–Crippen MR) is 92.8 cm³/mol. The average Bonchev–Trinajstić information content (AvgIpc) is 3.08. The van der Waals surface area contributed by atoms with Crippen LogP contribution in [0.4, 0.5) is 0 Å². The summed E-state index contributed by atoms with van der Waals surface area (Å²) in [5.41, 5.74) is 5.46. The number of aromatic amines is 1. The van der Waals surface area contributed by atoms with Crippen molar-refractivity contribution in [3.05, 3.63) is 71.7 Å². The zero-order valence-electron chi connectivity index (χ0n) is 13.2. The van der Waals surface area contributed by atoms with E-state index in [-0.39, 0.29) is 0 Å². The van der Waals surface area contributed by atoms with E-state index in [0.29, 0.717) is 0 Å². The number of hydrogen-bond acceptors (Lipinski definition) is 2. The molecule has 3 aromatic rings. The lowest BCUT2D eigenvalue weighted by molar-refractivity contribution is 0.929. The molecule has 3 rings (SSSR count). The Hall–Kier alpha value is -2.86.